The van der Waals surface area contributed by atoms with E-state index >= 15 is 8.78 Å². The molecule has 0 aliphatic carbocycles. The summed E-state index contributed by atoms with van der Waals surface area (Å²) in [5.74, 6) is -2.31. The quantitative estimate of drug-likeness (QED) is 0.0342. The molecule has 3 aromatic heterocycles. The number of carbonyl (C=O) groups excluding carboxylic acids is 4. The lowest BCUT2D eigenvalue weighted by molar-refractivity contribution is -0.165. The van der Waals surface area contributed by atoms with Gasteiger partial charge in [0.15, 0.2) is 41.1 Å². The van der Waals surface area contributed by atoms with Crippen molar-refractivity contribution in [1.29, 1.82) is 0 Å². The maximum Gasteiger partial charge on any atom is 0.475 e. The minimum absolute atomic E-state index is 0. The number of imidazole rings is 1. The highest BCUT2D eigenvalue weighted by Gasteiger charge is 2.63. The van der Waals surface area contributed by atoms with E-state index in [9.17, 15) is 38.2 Å². The molecule has 0 saturated carbocycles. The third-order valence-corrected chi connectivity index (χ3v) is 17.9. The van der Waals surface area contributed by atoms with Crippen molar-refractivity contribution < 1.29 is 103 Å². The summed E-state index contributed by atoms with van der Waals surface area (Å²) in [4.78, 5) is 77.5. The van der Waals surface area contributed by atoms with Crippen LogP contribution < -0.4 is 36.8 Å². The summed E-state index contributed by atoms with van der Waals surface area (Å²) < 4.78 is 126. The minimum atomic E-state index is -4.13. The maximum atomic E-state index is 15.9. The number of para-hydroxylation sites is 1. The Hall–Kier alpha value is -7.10. The third kappa shape index (κ3) is 17.7. The van der Waals surface area contributed by atoms with Gasteiger partial charge in [0.25, 0.3) is 5.91 Å². The zero-order valence-corrected chi connectivity index (χ0v) is 56.2. The highest BCUT2D eigenvalue weighted by molar-refractivity contribution is 7.52. The van der Waals surface area contributed by atoms with E-state index in [1.807, 2.05) is 0 Å². The van der Waals surface area contributed by atoms with Crippen molar-refractivity contribution in [3.8, 4) is 11.6 Å². The molecule has 5 aliphatic heterocycles. The van der Waals surface area contributed by atoms with Crippen molar-refractivity contribution in [2.24, 2.45) is 17.3 Å². The van der Waals surface area contributed by atoms with E-state index in [0.717, 1.165) is 11.5 Å². The average molecular weight is 1370 g/mol. The van der Waals surface area contributed by atoms with Gasteiger partial charge in [0.05, 0.1) is 56.3 Å². The Kier molecular flexibility index (Phi) is 24.8. The Morgan fingerprint density at radius 1 is 0.872 bits per heavy atom. The number of aliphatic hydroxyl groups excluding tert-OH is 1. The van der Waals surface area contributed by atoms with Crippen molar-refractivity contribution in [1.82, 2.24) is 44.4 Å². The molecule has 4 fully saturated rings. The molecular formula is C58H84F3N11O20P2. The molecule has 0 spiro atoms. The third-order valence-electron chi connectivity index (χ3n) is 14.7. The van der Waals surface area contributed by atoms with Crippen LogP contribution in [0.25, 0.3) is 11.2 Å². The first-order valence-electron chi connectivity index (χ1n) is 29.8. The van der Waals surface area contributed by atoms with Gasteiger partial charge in [-0.3, -0.25) is 51.1 Å². The number of nitrogens with one attached hydrogen (secondary N) is 2. The van der Waals surface area contributed by atoms with E-state index in [2.05, 4.69) is 36.9 Å². The van der Waals surface area contributed by atoms with Crippen LogP contribution in [0.3, 0.4) is 0 Å². The van der Waals surface area contributed by atoms with Gasteiger partial charge < -0.3 is 64.5 Å². The first kappa shape index (κ1) is 75.9. The van der Waals surface area contributed by atoms with Crippen LogP contribution in [0.15, 0.2) is 78.4 Å². The summed E-state index contributed by atoms with van der Waals surface area (Å²) in [6.45, 7) is 26.0. The van der Waals surface area contributed by atoms with Gasteiger partial charge in [-0.15, -0.1) is 0 Å². The number of carbonyl (C=O) groups is 4. The lowest BCUT2D eigenvalue weighted by atomic mass is 9.84. The number of esters is 3. The van der Waals surface area contributed by atoms with Gasteiger partial charge in [-0.25, -0.2) is 27.7 Å². The van der Waals surface area contributed by atoms with Crippen LogP contribution in [0.5, 0.6) is 11.6 Å². The fourth-order valence-corrected chi connectivity index (χ4v) is 13.1. The van der Waals surface area contributed by atoms with Crippen LogP contribution in [0.2, 0.25) is 0 Å². The molecule has 0 bridgehead atoms. The summed E-state index contributed by atoms with van der Waals surface area (Å²) in [7, 11) is -8.04. The Morgan fingerprint density at radius 3 is 2.13 bits per heavy atom. The number of ether oxygens (including phenoxy) is 7. The van der Waals surface area contributed by atoms with Gasteiger partial charge in [0, 0.05) is 23.9 Å². The lowest BCUT2D eigenvalue weighted by Gasteiger charge is -2.38. The summed E-state index contributed by atoms with van der Waals surface area (Å²) in [6.07, 6.45) is -5.04. The Labute approximate surface area is 540 Å². The second-order valence-corrected chi connectivity index (χ2v) is 27.5. The predicted molar refractivity (Wildman–Crippen MR) is 329 cm³/mol. The van der Waals surface area contributed by atoms with E-state index < -0.39 is 135 Å². The molecule has 1 amide bonds. The molecule has 36 heteroatoms. The van der Waals surface area contributed by atoms with Gasteiger partial charge in [0.2, 0.25) is 11.8 Å². The topological polar surface area (TPSA) is 391 Å². The molecule has 7 N–H and O–H groups in total. The summed E-state index contributed by atoms with van der Waals surface area (Å²) in [5, 5.41) is 16.2. The van der Waals surface area contributed by atoms with E-state index in [0.29, 0.717) is 17.9 Å². The molecule has 14 atom stereocenters. The van der Waals surface area contributed by atoms with Crippen molar-refractivity contribution in [3.63, 3.8) is 0 Å². The molecule has 2 unspecified atom stereocenters. The number of halogens is 3. The van der Waals surface area contributed by atoms with E-state index in [1.54, 1.807) is 111 Å². The van der Waals surface area contributed by atoms with Crippen LogP contribution in [0, 0.1) is 17.3 Å². The molecule has 0 radical (unpaired) electrons. The van der Waals surface area contributed by atoms with Crippen LogP contribution in [-0.2, 0) is 74.8 Å². The smallest absolute Gasteiger partial charge is 0.475 e. The highest BCUT2D eigenvalue weighted by Crippen LogP contribution is 2.60. The van der Waals surface area contributed by atoms with Gasteiger partial charge in [-0.05, 0) is 73.6 Å². The first-order chi connectivity index (χ1) is 43.4. The number of alkyl halides is 2. The maximum absolute atomic E-state index is 15.9. The number of amides is 1. The standard InChI is InChI=1S/C24H34N3O8P.C18H26FN3O6.C16H23FN5O6P.FH/c1-15(2)33-22(30)16(3)26-36(31,35-18-10-8-7-9-11-18)32-14-19-21(29)24(5,6)23(34-19)27-13-12-20(28)25-17(27)4;1-9(2)14(23)26-8-11-13(28-15(24)10(3)4)18(5,19)16(27-11)22-7-6-12(20)21-17(22)25;1-5-24-13-10-12(20-15(18)21-13)22(7-19-10)14-16(4,17)11-9(26-14)6-25-29(23,28-11)27-8(2)3;/h7-13,15-16,19,21,23,29H,4,14H2,1-3,5-6H3,(H,25,28)(H,26,31);6-7,9-11,13,16H,8H2,1-5H3,(H2,20,21,25);7-9,11,14H,5-6H2,1-4H3,(H2,18,20,21);1H/t16-,19+,21+,23+,36?;11-,13-,16-,18-;9-,11-,14-,16-,29?;/m011./s1. The Balaban J connectivity index is 0.000000224. The molecule has 8 heterocycles. The van der Waals surface area contributed by atoms with Gasteiger partial charge in [-0.2, -0.15) is 20.0 Å². The Morgan fingerprint density at radius 2 is 1.52 bits per heavy atom. The van der Waals surface area contributed by atoms with Gasteiger partial charge in [0.1, 0.15) is 60.7 Å². The monoisotopic (exact) mass is 1370 g/mol. The summed E-state index contributed by atoms with van der Waals surface area (Å²) >= 11 is 0. The molecular weight excluding hydrogens is 1290 g/mol. The number of phosphoric ester groups is 1. The minimum Gasteiger partial charge on any atom is -0.476 e. The number of hydrogen-bond donors (Lipinski definition) is 5. The second-order valence-electron chi connectivity index (χ2n) is 24.2. The van der Waals surface area contributed by atoms with Crippen LogP contribution in [0.1, 0.15) is 109 Å². The number of fused-ring (bicyclic) bond motifs is 2. The molecule has 5 aliphatic rings. The number of rotatable bonds is 21. The lowest BCUT2D eigenvalue weighted by Crippen LogP contribution is -2.48. The summed E-state index contributed by atoms with van der Waals surface area (Å²) in [5.41, 5.74) is 5.78. The van der Waals surface area contributed by atoms with Crippen molar-refractivity contribution in [2.45, 2.75) is 182 Å². The van der Waals surface area contributed by atoms with Gasteiger partial charge in [-0.1, -0.05) is 66.3 Å². The number of nitrogens with two attached hydrogens (primary N) is 2. The molecule has 4 saturated heterocycles. The predicted octanol–water partition coefficient (Wildman–Crippen LogP) is 6.40. The van der Waals surface area contributed by atoms with Crippen molar-refractivity contribution >= 4 is 62.3 Å². The number of aromatic nitrogens is 6. The second kappa shape index (κ2) is 30.7. The first-order valence-corrected chi connectivity index (χ1v) is 32.8. The van der Waals surface area contributed by atoms with E-state index in [1.165, 1.54) is 49.3 Å². The number of nitrogens with zero attached hydrogens (tertiary/aromatic N) is 7. The van der Waals surface area contributed by atoms with E-state index in [-0.39, 0.29) is 65.6 Å². The molecule has 31 nitrogen and oxygen atoms in total. The number of aliphatic hydroxyl groups is 1. The number of nitrogen functional groups attached to an aromatic ring is 2. The van der Waals surface area contributed by atoms with Crippen molar-refractivity contribution in [2.75, 3.05) is 37.9 Å². The number of benzene rings is 1. The fourth-order valence-electron chi connectivity index (χ4n) is 10.0. The normalized spacial score (nSPS) is 28.7. The number of hydrogen-bond acceptors (Lipinski definition) is 27. The molecule has 522 valence electrons. The molecule has 4 aromatic rings. The zero-order valence-electron chi connectivity index (χ0n) is 54.4. The van der Waals surface area contributed by atoms with Crippen molar-refractivity contribution in [3.05, 3.63) is 84.1 Å². The van der Waals surface area contributed by atoms with Crippen LogP contribution >= 0.6 is 15.6 Å². The van der Waals surface area contributed by atoms with Gasteiger partial charge >= 0.3 is 39.2 Å². The van der Waals surface area contributed by atoms with Crippen LogP contribution in [-0.4, -0.2) is 162 Å². The summed E-state index contributed by atoms with van der Waals surface area (Å²) in [6, 6.07) is 8.67. The molecule has 1 aromatic carbocycles. The average Bonchev–Trinajstić information content (AvgIpc) is 1.59. The molecule has 94 heavy (non-hydrogen) atoms. The number of anilines is 2. The highest BCUT2D eigenvalue weighted by atomic mass is 31.2. The Bertz CT molecular complexity index is 3530. The van der Waals surface area contributed by atoms with Crippen LogP contribution in [0.4, 0.5) is 25.3 Å². The largest absolute Gasteiger partial charge is 0.476 e. The SMILES string of the molecule is C=C1NC(=O)C=CN1[C@@H]1O[C@H](COP(=O)(N[C@@H](C)C(=O)OC(C)C)Oc2ccccc2)[C@@H](O)C1(C)C.CC(C)C(=O)OC[C@H]1O[C@@H](n2ccc(N)nc2=O)[C@](C)(F)[C@@H]1OC(=O)C(C)C.CCOc1nc(N)nc2c1ncn2[C@@H]1O[C@@H]2COP(=O)(OC(C)C)O[C@H]2[C@@]1(C)F.F. The molecule has 9 rings (SSSR count). The number of phosphoric acid groups is 1. The fraction of sp³-hybridized carbons (Fsp3) is 0.603. The zero-order chi connectivity index (χ0) is 68.9. The van der Waals surface area contributed by atoms with E-state index in [4.69, 9.17) is 67.2 Å².